The van der Waals surface area contributed by atoms with E-state index in [4.69, 9.17) is 4.74 Å². The van der Waals surface area contributed by atoms with Crippen molar-refractivity contribution in [1.82, 2.24) is 0 Å². The number of anilines is 1. The highest BCUT2D eigenvalue weighted by atomic mass is 16.6. The van der Waals surface area contributed by atoms with Gasteiger partial charge in [-0.3, -0.25) is 14.9 Å². The van der Waals surface area contributed by atoms with E-state index < -0.39 is 4.92 Å². The number of para-hydroxylation sites is 1. The molecule has 0 spiro atoms. The van der Waals surface area contributed by atoms with Gasteiger partial charge in [-0.15, -0.1) is 0 Å². The maximum Gasteiger partial charge on any atom is 0.271 e. The highest BCUT2D eigenvalue weighted by Gasteiger charge is 2.26. The Bertz CT molecular complexity index is 804. The maximum atomic E-state index is 12.6. The van der Waals surface area contributed by atoms with Gasteiger partial charge in [-0.2, -0.15) is 0 Å². The Labute approximate surface area is 146 Å². The number of nitrogens with zero attached hydrogens (tertiary/aromatic N) is 2. The number of nitro groups is 1. The van der Waals surface area contributed by atoms with Gasteiger partial charge in [-0.1, -0.05) is 24.3 Å². The molecule has 1 aliphatic heterocycles. The summed E-state index contributed by atoms with van der Waals surface area (Å²) in [4.78, 5) is 24.8. The molecule has 0 unspecified atom stereocenters. The molecule has 2 aromatic rings. The molecule has 0 aliphatic carbocycles. The van der Waals surface area contributed by atoms with Crippen molar-refractivity contribution in [2.45, 2.75) is 26.2 Å². The first kappa shape index (κ1) is 17.0. The molecular weight excluding hydrogens is 320 g/mol. The average molecular weight is 340 g/mol. The minimum absolute atomic E-state index is 0.0140. The van der Waals surface area contributed by atoms with Crippen molar-refractivity contribution in [3.63, 3.8) is 0 Å². The van der Waals surface area contributed by atoms with Gasteiger partial charge in [0.2, 0.25) is 5.91 Å². The van der Waals surface area contributed by atoms with Crippen LogP contribution in [-0.2, 0) is 17.6 Å². The van der Waals surface area contributed by atoms with Gasteiger partial charge < -0.3 is 9.64 Å². The number of amides is 1. The molecular formula is C19H20N2O4. The second-order valence-corrected chi connectivity index (χ2v) is 5.91. The molecule has 0 atom stereocenters. The fourth-order valence-corrected chi connectivity index (χ4v) is 3.12. The van der Waals surface area contributed by atoms with Gasteiger partial charge in [0.15, 0.2) is 0 Å². The van der Waals surface area contributed by atoms with E-state index in [1.807, 2.05) is 31.2 Å². The van der Waals surface area contributed by atoms with Crippen LogP contribution in [0.5, 0.6) is 5.75 Å². The Morgan fingerprint density at radius 1 is 1.28 bits per heavy atom. The van der Waals surface area contributed by atoms with Crippen LogP contribution in [0.3, 0.4) is 0 Å². The molecule has 0 saturated heterocycles. The van der Waals surface area contributed by atoms with E-state index in [0.29, 0.717) is 31.7 Å². The average Bonchev–Trinajstić information content (AvgIpc) is 3.04. The normalized spacial score (nSPS) is 12.8. The number of carbonyl (C=O) groups is 1. The first-order chi connectivity index (χ1) is 12.1. The number of carbonyl (C=O) groups excluding carboxylic acids is 1. The van der Waals surface area contributed by atoms with Crippen LogP contribution in [0.2, 0.25) is 0 Å². The third-order valence-corrected chi connectivity index (χ3v) is 4.36. The van der Waals surface area contributed by atoms with Gasteiger partial charge in [0, 0.05) is 25.1 Å². The van der Waals surface area contributed by atoms with Crippen molar-refractivity contribution in [3.05, 3.63) is 63.7 Å². The molecule has 3 rings (SSSR count). The monoisotopic (exact) mass is 340 g/mol. The Morgan fingerprint density at radius 2 is 2.08 bits per heavy atom. The fraction of sp³-hybridized carbons (Fsp3) is 0.316. The number of hydrogen-bond donors (Lipinski definition) is 0. The van der Waals surface area contributed by atoms with E-state index in [-0.39, 0.29) is 11.6 Å². The summed E-state index contributed by atoms with van der Waals surface area (Å²) >= 11 is 0. The molecule has 0 fully saturated rings. The predicted octanol–water partition coefficient (Wildman–Crippen LogP) is 3.52. The second kappa shape index (κ2) is 7.34. The molecule has 2 aromatic carbocycles. The smallest absolute Gasteiger partial charge is 0.271 e. The third kappa shape index (κ3) is 3.63. The molecule has 1 amide bonds. The highest BCUT2D eigenvalue weighted by Crippen LogP contribution is 2.32. The number of fused-ring (bicyclic) bond motifs is 1. The summed E-state index contributed by atoms with van der Waals surface area (Å²) in [5.74, 6) is 0.779. The molecule has 0 radical (unpaired) electrons. The quantitative estimate of drug-likeness (QED) is 0.596. The number of non-ortho nitro benzene ring substituents is 1. The number of ether oxygens (including phenoxy) is 1. The summed E-state index contributed by atoms with van der Waals surface area (Å²) in [5.41, 5.74) is 2.65. The third-order valence-electron chi connectivity index (χ3n) is 4.36. The zero-order chi connectivity index (χ0) is 17.8. The van der Waals surface area contributed by atoms with Crippen LogP contribution in [0.25, 0.3) is 0 Å². The van der Waals surface area contributed by atoms with Crippen LogP contribution in [-0.4, -0.2) is 24.0 Å². The SMILES string of the molecule is CCOc1ccccc1CCC(=O)N1CCc2ccc([N+](=O)[O-])cc21. The molecule has 6 heteroatoms. The number of aryl methyl sites for hydroxylation is 1. The van der Waals surface area contributed by atoms with Gasteiger partial charge in [0.1, 0.15) is 5.75 Å². The van der Waals surface area contributed by atoms with Crippen LogP contribution in [0.1, 0.15) is 24.5 Å². The first-order valence-corrected chi connectivity index (χ1v) is 8.38. The van der Waals surface area contributed by atoms with Crippen LogP contribution >= 0.6 is 0 Å². The molecule has 0 aromatic heterocycles. The van der Waals surface area contributed by atoms with Gasteiger partial charge in [-0.05, 0) is 37.0 Å². The van der Waals surface area contributed by atoms with E-state index in [2.05, 4.69) is 0 Å². The van der Waals surface area contributed by atoms with Crippen molar-refractivity contribution in [2.75, 3.05) is 18.1 Å². The van der Waals surface area contributed by atoms with E-state index in [0.717, 1.165) is 23.3 Å². The Balaban J connectivity index is 1.72. The molecule has 1 heterocycles. The zero-order valence-electron chi connectivity index (χ0n) is 14.1. The van der Waals surface area contributed by atoms with Crippen molar-refractivity contribution in [2.24, 2.45) is 0 Å². The molecule has 0 saturated carbocycles. The number of benzene rings is 2. The van der Waals surface area contributed by atoms with Crippen molar-refractivity contribution in [1.29, 1.82) is 0 Å². The van der Waals surface area contributed by atoms with Crippen LogP contribution in [0, 0.1) is 10.1 Å². The summed E-state index contributed by atoms with van der Waals surface area (Å²) in [6.45, 7) is 3.08. The molecule has 6 nitrogen and oxygen atoms in total. The van der Waals surface area contributed by atoms with Crippen LogP contribution in [0.4, 0.5) is 11.4 Å². The van der Waals surface area contributed by atoms with Gasteiger partial charge >= 0.3 is 0 Å². The summed E-state index contributed by atoms with van der Waals surface area (Å²) in [7, 11) is 0. The lowest BCUT2D eigenvalue weighted by atomic mass is 10.1. The zero-order valence-corrected chi connectivity index (χ0v) is 14.1. The minimum atomic E-state index is -0.431. The highest BCUT2D eigenvalue weighted by molar-refractivity contribution is 5.96. The Kier molecular flexibility index (Phi) is 4.97. The largest absolute Gasteiger partial charge is 0.494 e. The molecule has 1 aliphatic rings. The molecule has 130 valence electrons. The summed E-state index contributed by atoms with van der Waals surface area (Å²) in [6, 6.07) is 12.4. The molecule has 0 N–H and O–H groups in total. The Morgan fingerprint density at radius 3 is 2.84 bits per heavy atom. The lowest BCUT2D eigenvalue weighted by Gasteiger charge is -2.17. The lowest BCUT2D eigenvalue weighted by Crippen LogP contribution is -2.29. The van der Waals surface area contributed by atoms with Gasteiger partial charge in [-0.25, -0.2) is 0 Å². The van der Waals surface area contributed by atoms with Crippen LogP contribution < -0.4 is 9.64 Å². The summed E-state index contributed by atoms with van der Waals surface area (Å²) in [6.07, 6.45) is 1.65. The van der Waals surface area contributed by atoms with Gasteiger partial charge in [0.05, 0.1) is 17.2 Å². The molecule has 0 bridgehead atoms. The standard InChI is InChI=1S/C19H20N2O4/c1-2-25-18-6-4-3-5-15(18)8-10-19(22)20-12-11-14-7-9-16(21(23)24)13-17(14)20/h3-7,9,13H,2,8,10-12H2,1H3. The molecule has 25 heavy (non-hydrogen) atoms. The maximum absolute atomic E-state index is 12.6. The van der Waals surface area contributed by atoms with E-state index >= 15 is 0 Å². The number of rotatable bonds is 6. The van der Waals surface area contributed by atoms with E-state index in [1.165, 1.54) is 12.1 Å². The lowest BCUT2D eigenvalue weighted by molar-refractivity contribution is -0.384. The van der Waals surface area contributed by atoms with E-state index in [9.17, 15) is 14.9 Å². The van der Waals surface area contributed by atoms with Crippen LogP contribution in [0.15, 0.2) is 42.5 Å². The number of hydrogen-bond acceptors (Lipinski definition) is 4. The van der Waals surface area contributed by atoms with Crippen molar-refractivity contribution < 1.29 is 14.5 Å². The van der Waals surface area contributed by atoms with E-state index in [1.54, 1.807) is 11.0 Å². The van der Waals surface area contributed by atoms with Gasteiger partial charge in [0.25, 0.3) is 5.69 Å². The number of nitro benzene ring substituents is 1. The second-order valence-electron chi connectivity index (χ2n) is 5.91. The van der Waals surface area contributed by atoms with Crippen molar-refractivity contribution >= 4 is 17.3 Å². The first-order valence-electron chi connectivity index (χ1n) is 8.38. The Hall–Kier alpha value is -2.89. The minimum Gasteiger partial charge on any atom is -0.494 e. The summed E-state index contributed by atoms with van der Waals surface area (Å²) < 4.78 is 5.59. The van der Waals surface area contributed by atoms with Crippen molar-refractivity contribution in [3.8, 4) is 5.75 Å². The predicted molar refractivity (Wildman–Crippen MR) is 95.1 cm³/mol. The topological polar surface area (TPSA) is 72.7 Å². The fourth-order valence-electron chi connectivity index (χ4n) is 3.12. The summed E-state index contributed by atoms with van der Waals surface area (Å²) in [5, 5.41) is 11.0.